The van der Waals surface area contributed by atoms with Gasteiger partial charge in [-0.2, -0.15) is 0 Å². The minimum absolute atomic E-state index is 0.0150. The van der Waals surface area contributed by atoms with E-state index in [4.69, 9.17) is 0 Å². The Morgan fingerprint density at radius 3 is 2.31 bits per heavy atom. The first-order chi connectivity index (χ1) is 18.7. The first-order valence-corrected chi connectivity index (χ1v) is 14.2. The van der Waals surface area contributed by atoms with Crippen molar-refractivity contribution in [1.82, 2.24) is 20.1 Å². The summed E-state index contributed by atoms with van der Waals surface area (Å²) in [5, 5.41) is 3.96. The van der Waals surface area contributed by atoms with Crippen LogP contribution in [0.3, 0.4) is 0 Å². The smallest absolute Gasteiger partial charge is 0.268 e. The largest absolute Gasteiger partial charge is 0.351 e. The maximum absolute atomic E-state index is 13.8. The van der Waals surface area contributed by atoms with Gasteiger partial charge in [0, 0.05) is 28.9 Å². The molecule has 3 atom stereocenters. The molecule has 0 radical (unpaired) electrons. The van der Waals surface area contributed by atoms with Crippen LogP contribution < -0.4 is 5.32 Å². The van der Waals surface area contributed by atoms with E-state index in [9.17, 15) is 14.4 Å². The van der Waals surface area contributed by atoms with Crippen molar-refractivity contribution in [2.75, 3.05) is 13.1 Å². The highest BCUT2D eigenvalue weighted by Gasteiger charge is 2.50. The van der Waals surface area contributed by atoms with Gasteiger partial charge in [-0.1, -0.05) is 69.3 Å². The van der Waals surface area contributed by atoms with E-state index in [2.05, 4.69) is 10.3 Å². The number of nitrogens with one attached hydrogen (secondary N) is 2. The molecule has 8 heteroatoms. The molecular weight excluding hydrogens is 508 g/mol. The van der Waals surface area contributed by atoms with E-state index in [1.54, 1.807) is 0 Å². The summed E-state index contributed by atoms with van der Waals surface area (Å²) < 4.78 is 0. The summed E-state index contributed by atoms with van der Waals surface area (Å²) in [5.41, 5.74) is 1.93. The predicted octanol–water partition coefficient (Wildman–Crippen LogP) is 5.17. The van der Waals surface area contributed by atoms with Gasteiger partial charge < -0.3 is 20.1 Å². The van der Waals surface area contributed by atoms with Gasteiger partial charge in [0.25, 0.3) is 11.8 Å². The zero-order valence-electron chi connectivity index (χ0n) is 22.3. The van der Waals surface area contributed by atoms with Gasteiger partial charge in [0.2, 0.25) is 5.91 Å². The lowest BCUT2D eigenvalue weighted by Crippen LogP contribution is -2.59. The fraction of sp³-hybridized carbons (Fsp3) is 0.323. The van der Waals surface area contributed by atoms with Crippen molar-refractivity contribution in [2.45, 2.75) is 45.3 Å². The number of carbonyl (C=O) groups excluding carboxylic acids is 3. The Morgan fingerprint density at radius 1 is 0.923 bits per heavy atom. The van der Waals surface area contributed by atoms with Crippen LogP contribution in [0.15, 0.2) is 72.8 Å². The third-order valence-corrected chi connectivity index (χ3v) is 8.94. The van der Waals surface area contributed by atoms with Crippen molar-refractivity contribution < 1.29 is 14.4 Å². The second kappa shape index (κ2) is 9.68. The number of thiophene rings is 1. The molecule has 6 rings (SSSR count). The van der Waals surface area contributed by atoms with Crippen LogP contribution in [0.2, 0.25) is 0 Å². The van der Waals surface area contributed by atoms with Gasteiger partial charge in [-0.25, -0.2) is 0 Å². The Bertz CT molecular complexity index is 1520. The van der Waals surface area contributed by atoms with Crippen LogP contribution in [0.1, 0.15) is 47.4 Å². The number of fused-ring (bicyclic) bond motifs is 3. The highest BCUT2D eigenvalue weighted by Crippen LogP contribution is 2.36. The Balaban J connectivity index is 1.14. The minimum Gasteiger partial charge on any atom is -0.351 e. The van der Waals surface area contributed by atoms with Crippen molar-refractivity contribution in [3.63, 3.8) is 0 Å². The van der Waals surface area contributed by atoms with Crippen LogP contribution >= 0.6 is 11.3 Å². The first-order valence-electron chi connectivity index (χ1n) is 13.3. The zero-order chi connectivity index (χ0) is 27.3. The number of amides is 3. The molecule has 2 aliphatic heterocycles. The predicted molar refractivity (Wildman–Crippen MR) is 154 cm³/mol. The van der Waals surface area contributed by atoms with Gasteiger partial charge in [-0.05, 0) is 41.7 Å². The van der Waals surface area contributed by atoms with Crippen LogP contribution in [-0.4, -0.2) is 63.7 Å². The normalized spacial score (nSPS) is 19.5. The molecular formula is C31H32N4O3S. The van der Waals surface area contributed by atoms with E-state index >= 15 is 0 Å². The molecule has 2 aromatic heterocycles. The fourth-order valence-electron chi connectivity index (χ4n) is 5.76. The topological polar surface area (TPSA) is 85.5 Å². The van der Waals surface area contributed by atoms with Crippen LogP contribution in [0.5, 0.6) is 0 Å². The molecule has 2 aromatic carbocycles. The van der Waals surface area contributed by atoms with Gasteiger partial charge in [0.05, 0.1) is 17.0 Å². The molecule has 0 spiro atoms. The van der Waals surface area contributed by atoms with E-state index in [1.165, 1.54) is 11.3 Å². The maximum atomic E-state index is 13.8. The molecule has 0 unspecified atom stereocenters. The summed E-state index contributed by atoms with van der Waals surface area (Å²) in [6.45, 7) is 6.90. The van der Waals surface area contributed by atoms with Crippen LogP contribution in [0, 0.1) is 5.41 Å². The summed E-state index contributed by atoms with van der Waals surface area (Å²) in [6, 6.07) is 22.7. The van der Waals surface area contributed by atoms with Crippen molar-refractivity contribution in [3.8, 4) is 10.4 Å². The van der Waals surface area contributed by atoms with E-state index in [0.717, 1.165) is 32.6 Å². The molecule has 2 N–H and O–H groups in total. The molecule has 2 aliphatic rings. The number of piperazine rings is 1. The number of carbonyl (C=O) groups is 3. The van der Waals surface area contributed by atoms with Crippen LogP contribution in [0.4, 0.5) is 0 Å². The number of nitrogens with zero attached hydrogens (tertiary/aromatic N) is 2. The van der Waals surface area contributed by atoms with Gasteiger partial charge in [0.1, 0.15) is 11.7 Å². The number of hydrogen-bond acceptors (Lipinski definition) is 4. The standard InChI is InChI=1S/C31H32N4O3S/c1-31(2,3)27(33-28(36)24-15-20-11-7-8-12-23(20)32-24)30(38)35-18-21-16-22(35)17-34(21)29(37)26-14-13-25(39-26)19-9-5-4-6-10-19/h4-15,21-22,27,32H,16-18H2,1-3H3,(H,33,36)/t21-,22-,27+/m0/s1. The molecule has 0 saturated carbocycles. The number of rotatable bonds is 5. The quantitative estimate of drug-likeness (QED) is 0.366. The third kappa shape index (κ3) is 4.74. The number of benzene rings is 2. The first kappa shape index (κ1) is 25.4. The van der Waals surface area contributed by atoms with Crippen molar-refractivity contribution in [2.24, 2.45) is 5.41 Å². The van der Waals surface area contributed by atoms with Crippen molar-refractivity contribution in [3.05, 3.63) is 83.4 Å². The summed E-state index contributed by atoms with van der Waals surface area (Å²) in [5.74, 6) is -0.358. The molecule has 4 aromatic rings. The average Bonchev–Trinajstić information content (AvgIpc) is 3.73. The second-order valence-corrected chi connectivity index (χ2v) is 12.6. The van der Waals surface area contributed by atoms with E-state index in [1.807, 2.05) is 103 Å². The molecule has 39 heavy (non-hydrogen) atoms. The lowest BCUT2D eigenvalue weighted by molar-refractivity contribution is -0.138. The lowest BCUT2D eigenvalue weighted by atomic mass is 9.85. The number of likely N-dealkylation sites (tertiary alicyclic amines) is 2. The SMILES string of the molecule is CC(C)(C)[C@H](NC(=O)c1cc2ccccc2[nH]1)C(=O)N1C[C@@H]2C[C@H]1CN2C(=O)c1ccc(-c2ccccc2)s1. The fourth-order valence-corrected chi connectivity index (χ4v) is 6.72. The molecule has 4 heterocycles. The second-order valence-electron chi connectivity index (χ2n) is 11.6. The molecule has 0 aliphatic carbocycles. The highest BCUT2D eigenvalue weighted by molar-refractivity contribution is 7.17. The molecule has 7 nitrogen and oxygen atoms in total. The summed E-state index contributed by atoms with van der Waals surface area (Å²) in [6.07, 6.45) is 0.765. The molecule has 2 fully saturated rings. The number of aromatic amines is 1. The summed E-state index contributed by atoms with van der Waals surface area (Å²) >= 11 is 1.51. The molecule has 2 saturated heterocycles. The van der Waals surface area contributed by atoms with Crippen LogP contribution in [-0.2, 0) is 4.79 Å². The molecule has 2 bridgehead atoms. The van der Waals surface area contributed by atoms with Gasteiger partial charge >= 0.3 is 0 Å². The number of hydrogen-bond donors (Lipinski definition) is 2. The highest BCUT2D eigenvalue weighted by atomic mass is 32.1. The van der Waals surface area contributed by atoms with Gasteiger partial charge in [-0.15, -0.1) is 11.3 Å². The van der Waals surface area contributed by atoms with Crippen molar-refractivity contribution >= 4 is 40.0 Å². The van der Waals surface area contributed by atoms with E-state index in [-0.39, 0.29) is 29.8 Å². The van der Waals surface area contributed by atoms with E-state index in [0.29, 0.717) is 18.8 Å². The monoisotopic (exact) mass is 540 g/mol. The minimum atomic E-state index is -0.689. The van der Waals surface area contributed by atoms with Crippen molar-refractivity contribution in [1.29, 1.82) is 0 Å². The Hall–Kier alpha value is -3.91. The Morgan fingerprint density at radius 2 is 1.62 bits per heavy atom. The number of H-pyrrole nitrogens is 1. The van der Waals surface area contributed by atoms with E-state index < -0.39 is 11.5 Å². The zero-order valence-corrected chi connectivity index (χ0v) is 23.1. The summed E-state index contributed by atoms with van der Waals surface area (Å²) in [4.78, 5) is 49.2. The number of para-hydroxylation sites is 1. The Labute approximate surface area is 231 Å². The average molecular weight is 541 g/mol. The summed E-state index contributed by atoms with van der Waals surface area (Å²) in [7, 11) is 0. The molecule has 200 valence electrons. The maximum Gasteiger partial charge on any atom is 0.268 e. The number of aromatic nitrogens is 1. The molecule has 3 amide bonds. The van der Waals surface area contributed by atoms with Crippen LogP contribution in [0.25, 0.3) is 21.3 Å². The Kier molecular flexibility index (Phi) is 6.30. The lowest BCUT2D eigenvalue weighted by Gasteiger charge is -2.39. The van der Waals surface area contributed by atoms with Gasteiger partial charge in [0.15, 0.2) is 0 Å². The third-order valence-electron chi connectivity index (χ3n) is 7.82. The van der Waals surface area contributed by atoms with Gasteiger partial charge in [-0.3, -0.25) is 14.4 Å².